The molecule has 4 heterocycles. The van der Waals surface area contributed by atoms with Crippen molar-refractivity contribution in [2.45, 2.75) is 13.0 Å². The third-order valence-electron chi connectivity index (χ3n) is 4.44. The normalized spacial score (nSPS) is 14.6. The summed E-state index contributed by atoms with van der Waals surface area (Å²) in [6, 6.07) is 5.51. The van der Waals surface area contributed by atoms with Crippen LogP contribution in [0, 0.1) is 0 Å². The number of ether oxygens (including phenoxy) is 2. The number of benzene rings is 1. The number of nitrogens with zero attached hydrogens (tertiary/aromatic N) is 2. The number of halogens is 1. The van der Waals surface area contributed by atoms with Crippen molar-refractivity contribution in [3.63, 3.8) is 0 Å². The topological polar surface area (TPSA) is 64.9 Å². The number of hydrogen-bond donors (Lipinski definition) is 1. The number of thiazole rings is 1. The molecule has 0 saturated heterocycles. The molecular formula is C18H14BrN3O3S2. The minimum absolute atomic E-state index is 0.115. The summed E-state index contributed by atoms with van der Waals surface area (Å²) in [6.07, 6.45) is 1.97. The number of hydrogen-bond acceptors (Lipinski definition) is 6. The second-order valence-corrected chi connectivity index (χ2v) is 8.94. The number of carbonyl (C=O) groups excluding carboxylic acids is 1. The summed E-state index contributed by atoms with van der Waals surface area (Å²) in [5, 5.41) is 5.05. The van der Waals surface area contributed by atoms with E-state index >= 15 is 0 Å². The zero-order valence-electron chi connectivity index (χ0n) is 14.2. The Bertz CT molecular complexity index is 1180. The number of aromatic nitrogens is 2. The van der Waals surface area contributed by atoms with Gasteiger partial charge in [-0.05, 0) is 30.7 Å². The number of imidazole rings is 1. The van der Waals surface area contributed by atoms with E-state index in [1.807, 2.05) is 41.1 Å². The molecule has 1 unspecified atom stereocenters. The predicted molar refractivity (Wildman–Crippen MR) is 109 cm³/mol. The molecule has 1 aliphatic rings. The molecule has 1 amide bonds. The van der Waals surface area contributed by atoms with E-state index in [0.29, 0.717) is 23.8 Å². The highest BCUT2D eigenvalue weighted by molar-refractivity contribution is 9.10. The fourth-order valence-electron chi connectivity index (χ4n) is 3.12. The van der Waals surface area contributed by atoms with Crippen molar-refractivity contribution in [2.24, 2.45) is 0 Å². The van der Waals surface area contributed by atoms with E-state index in [-0.39, 0.29) is 11.9 Å². The molecule has 138 valence electrons. The maximum Gasteiger partial charge on any atom is 0.261 e. The van der Waals surface area contributed by atoms with Crippen molar-refractivity contribution < 1.29 is 14.3 Å². The first-order valence-corrected chi connectivity index (χ1v) is 10.8. The zero-order chi connectivity index (χ0) is 18.5. The zero-order valence-corrected chi connectivity index (χ0v) is 17.4. The molecule has 1 atom stereocenters. The maximum absolute atomic E-state index is 12.8. The molecule has 4 aromatic rings. The molecular weight excluding hydrogens is 450 g/mol. The number of amides is 1. The van der Waals surface area contributed by atoms with E-state index in [1.54, 1.807) is 11.3 Å². The summed E-state index contributed by atoms with van der Waals surface area (Å²) >= 11 is 6.56. The highest BCUT2D eigenvalue weighted by Crippen LogP contribution is 2.38. The molecule has 0 bridgehead atoms. The van der Waals surface area contributed by atoms with Crippen molar-refractivity contribution in [3.05, 3.63) is 44.7 Å². The Morgan fingerprint density at radius 3 is 2.89 bits per heavy atom. The van der Waals surface area contributed by atoms with E-state index in [4.69, 9.17) is 9.47 Å². The highest BCUT2D eigenvalue weighted by Gasteiger charge is 2.21. The number of nitrogens with one attached hydrogen (secondary N) is 1. The Morgan fingerprint density at radius 2 is 2.07 bits per heavy atom. The molecule has 6 nitrogen and oxygen atoms in total. The van der Waals surface area contributed by atoms with Crippen LogP contribution >= 0.6 is 38.6 Å². The van der Waals surface area contributed by atoms with Gasteiger partial charge in [-0.25, -0.2) is 4.98 Å². The summed E-state index contributed by atoms with van der Waals surface area (Å²) in [6.45, 7) is 3.02. The Balaban J connectivity index is 1.41. The third kappa shape index (κ3) is 2.90. The smallest absolute Gasteiger partial charge is 0.261 e. The van der Waals surface area contributed by atoms with Gasteiger partial charge in [0.25, 0.3) is 5.91 Å². The molecule has 0 radical (unpaired) electrons. The van der Waals surface area contributed by atoms with Crippen LogP contribution in [-0.2, 0) is 0 Å². The lowest BCUT2D eigenvalue weighted by Gasteiger charge is -2.22. The molecule has 0 fully saturated rings. The van der Waals surface area contributed by atoms with Crippen LogP contribution in [0.2, 0.25) is 0 Å². The van der Waals surface area contributed by atoms with Crippen LogP contribution in [0.3, 0.4) is 0 Å². The van der Waals surface area contributed by atoms with Gasteiger partial charge in [0.15, 0.2) is 16.5 Å². The van der Waals surface area contributed by atoms with Gasteiger partial charge >= 0.3 is 0 Å². The Labute approximate surface area is 170 Å². The van der Waals surface area contributed by atoms with Crippen LogP contribution in [0.5, 0.6) is 11.5 Å². The van der Waals surface area contributed by atoms with Gasteiger partial charge in [0.2, 0.25) is 0 Å². The first-order chi connectivity index (χ1) is 13.1. The summed E-state index contributed by atoms with van der Waals surface area (Å²) in [4.78, 5) is 19.8. The molecule has 0 saturated carbocycles. The van der Waals surface area contributed by atoms with Crippen LogP contribution in [-0.4, -0.2) is 28.5 Å². The fourth-order valence-corrected chi connectivity index (χ4v) is 5.49. The molecule has 1 N–H and O–H groups in total. The van der Waals surface area contributed by atoms with E-state index in [2.05, 4.69) is 26.2 Å². The van der Waals surface area contributed by atoms with Gasteiger partial charge in [-0.2, -0.15) is 0 Å². The van der Waals surface area contributed by atoms with Crippen molar-refractivity contribution in [2.75, 3.05) is 13.2 Å². The summed E-state index contributed by atoms with van der Waals surface area (Å²) in [5.41, 5.74) is 1.91. The molecule has 0 aliphatic carbocycles. The Morgan fingerprint density at radius 1 is 1.30 bits per heavy atom. The van der Waals surface area contributed by atoms with Crippen molar-refractivity contribution in [1.29, 1.82) is 0 Å². The minimum atomic E-state index is -0.194. The first-order valence-electron chi connectivity index (χ1n) is 8.35. The lowest BCUT2D eigenvalue weighted by molar-refractivity contribution is 0.0943. The molecule has 27 heavy (non-hydrogen) atoms. The van der Waals surface area contributed by atoms with Crippen molar-refractivity contribution >= 4 is 59.8 Å². The lowest BCUT2D eigenvalue weighted by Crippen LogP contribution is -2.26. The van der Waals surface area contributed by atoms with Gasteiger partial charge in [0.1, 0.15) is 18.0 Å². The van der Waals surface area contributed by atoms with E-state index in [0.717, 1.165) is 31.1 Å². The predicted octanol–water partition coefficient (Wildman–Crippen LogP) is 4.64. The first kappa shape index (κ1) is 17.0. The van der Waals surface area contributed by atoms with Crippen LogP contribution < -0.4 is 14.8 Å². The minimum Gasteiger partial charge on any atom is -0.486 e. The van der Waals surface area contributed by atoms with Crippen molar-refractivity contribution in [1.82, 2.24) is 14.7 Å². The average Bonchev–Trinajstić information content (AvgIpc) is 3.33. The third-order valence-corrected chi connectivity index (χ3v) is 6.90. The van der Waals surface area contributed by atoms with Crippen LogP contribution in [0.1, 0.15) is 28.2 Å². The van der Waals surface area contributed by atoms with E-state index in [9.17, 15) is 4.79 Å². The maximum atomic E-state index is 12.8. The number of thiophene rings is 1. The average molecular weight is 464 g/mol. The largest absolute Gasteiger partial charge is 0.486 e. The van der Waals surface area contributed by atoms with Gasteiger partial charge in [-0.1, -0.05) is 15.9 Å². The van der Waals surface area contributed by atoms with Gasteiger partial charge in [-0.3, -0.25) is 9.20 Å². The van der Waals surface area contributed by atoms with E-state index < -0.39 is 0 Å². The van der Waals surface area contributed by atoms with Crippen molar-refractivity contribution in [3.8, 4) is 11.5 Å². The van der Waals surface area contributed by atoms with Gasteiger partial charge in [0.05, 0.1) is 16.4 Å². The number of carbonyl (C=O) groups is 1. The molecule has 3 aromatic heterocycles. The number of rotatable bonds is 3. The summed E-state index contributed by atoms with van der Waals surface area (Å²) < 4.78 is 14.1. The summed E-state index contributed by atoms with van der Waals surface area (Å²) in [5.74, 6) is 1.31. The lowest BCUT2D eigenvalue weighted by atomic mass is 10.1. The molecule has 1 aliphatic heterocycles. The second-order valence-electron chi connectivity index (χ2n) is 6.18. The quantitative estimate of drug-likeness (QED) is 0.480. The molecule has 1 aromatic carbocycles. The van der Waals surface area contributed by atoms with Gasteiger partial charge in [-0.15, -0.1) is 22.7 Å². The second kappa shape index (κ2) is 6.50. The molecule has 0 spiro atoms. The fraction of sp³-hybridized carbons (Fsp3) is 0.222. The molecule has 9 heteroatoms. The molecule has 5 rings (SSSR count). The highest BCUT2D eigenvalue weighted by atomic mass is 79.9. The van der Waals surface area contributed by atoms with Gasteiger partial charge in [0, 0.05) is 16.0 Å². The van der Waals surface area contributed by atoms with Crippen LogP contribution in [0.25, 0.3) is 15.3 Å². The van der Waals surface area contributed by atoms with Gasteiger partial charge < -0.3 is 14.8 Å². The van der Waals surface area contributed by atoms with Crippen LogP contribution in [0.4, 0.5) is 0 Å². The SMILES string of the molecule is CC(NC(=O)c1cc2c(nc3sccn32)s1)c1cc2c(cc1Br)OCCO2. The number of fused-ring (bicyclic) bond motifs is 4. The Hall–Kier alpha value is -2.10. The summed E-state index contributed by atoms with van der Waals surface area (Å²) in [7, 11) is 0. The van der Waals surface area contributed by atoms with Crippen LogP contribution in [0.15, 0.2) is 34.2 Å². The standard InChI is InChI=1S/C18H14BrN3O3S2/c1-9(10-6-13-14(7-11(10)19)25-4-3-24-13)20-16(23)15-8-12-17(27-15)21-18-22(12)2-5-26-18/h2,5-9H,3-4H2,1H3,(H,20,23). The monoisotopic (exact) mass is 463 g/mol. The van der Waals surface area contributed by atoms with E-state index in [1.165, 1.54) is 11.3 Å². The Kier molecular flexibility index (Phi) is 4.10.